The molecule has 9 nitrogen and oxygen atoms in total. The average Bonchev–Trinajstić information content (AvgIpc) is 2.93. The molecule has 0 saturated carbocycles. The van der Waals surface area contributed by atoms with Crippen LogP contribution in [0.4, 0.5) is 5.69 Å². The standard InChI is InChI=1S/C27H29N3O6S/c1-35-24-8-10-25(11-9-24)37(33,34)30(27(31)14-15-28-18-20-36-21-19-28)26-5-3-2-4-23(26)7-6-22-12-16-29(32)17-13-22/h2-13,16-17H,14-15,18-21H2,1H3. The Morgan fingerprint density at radius 1 is 1.05 bits per heavy atom. The van der Waals surface area contributed by atoms with Crippen molar-refractivity contribution in [2.45, 2.75) is 11.3 Å². The highest BCUT2D eigenvalue weighted by Gasteiger charge is 2.32. The molecule has 1 saturated heterocycles. The molecule has 37 heavy (non-hydrogen) atoms. The summed E-state index contributed by atoms with van der Waals surface area (Å²) in [6.45, 7) is 2.98. The second-order valence-electron chi connectivity index (χ2n) is 8.43. The van der Waals surface area contributed by atoms with E-state index in [0.717, 1.165) is 9.87 Å². The number of benzene rings is 2. The van der Waals surface area contributed by atoms with E-state index in [-0.39, 0.29) is 17.0 Å². The summed E-state index contributed by atoms with van der Waals surface area (Å²) in [5.74, 6) is -0.0231. The third-order valence-corrected chi connectivity index (χ3v) is 7.76. The Bertz CT molecular complexity index is 1340. The first kappa shape index (κ1) is 26.3. The minimum Gasteiger partial charge on any atom is -0.619 e. The first-order valence-electron chi connectivity index (χ1n) is 11.9. The second-order valence-corrected chi connectivity index (χ2v) is 10.2. The molecule has 4 rings (SSSR count). The van der Waals surface area contributed by atoms with Gasteiger partial charge in [-0.15, -0.1) is 0 Å². The topological polar surface area (TPSA) is 103 Å². The molecule has 0 atom stereocenters. The van der Waals surface area contributed by atoms with E-state index in [1.807, 2.05) is 0 Å². The number of carbonyl (C=O) groups is 1. The van der Waals surface area contributed by atoms with E-state index in [9.17, 15) is 18.4 Å². The molecule has 1 amide bonds. The third kappa shape index (κ3) is 6.53. The van der Waals surface area contributed by atoms with Crippen molar-refractivity contribution in [3.05, 3.63) is 89.4 Å². The molecule has 3 aromatic rings. The Hall–Kier alpha value is -3.73. The Labute approximate surface area is 216 Å². The Morgan fingerprint density at radius 2 is 1.73 bits per heavy atom. The van der Waals surface area contributed by atoms with Crippen molar-refractivity contribution < 1.29 is 27.4 Å². The number of pyridine rings is 1. The van der Waals surface area contributed by atoms with Crippen molar-refractivity contribution in [1.82, 2.24) is 4.90 Å². The molecule has 0 bridgehead atoms. The number of ether oxygens (including phenoxy) is 2. The normalized spacial score (nSPS) is 14.5. The lowest BCUT2D eigenvalue weighted by molar-refractivity contribution is -0.605. The molecule has 0 unspecified atom stereocenters. The van der Waals surface area contributed by atoms with Gasteiger partial charge in [0, 0.05) is 38.2 Å². The highest BCUT2D eigenvalue weighted by atomic mass is 32.2. The number of rotatable bonds is 9. The van der Waals surface area contributed by atoms with Crippen LogP contribution in [0.2, 0.25) is 0 Å². The first-order chi connectivity index (χ1) is 17.9. The lowest BCUT2D eigenvalue weighted by Crippen LogP contribution is -2.42. The molecule has 0 N–H and O–H groups in total. The van der Waals surface area contributed by atoms with Crippen LogP contribution in [0.3, 0.4) is 0 Å². The molecule has 2 aromatic carbocycles. The summed E-state index contributed by atoms with van der Waals surface area (Å²) in [4.78, 5) is 15.7. The Balaban J connectivity index is 1.70. The van der Waals surface area contributed by atoms with Gasteiger partial charge in [-0.25, -0.2) is 12.7 Å². The van der Waals surface area contributed by atoms with Crippen molar-refractivity contribution in [1.29, 1.82) is 0 Å². The van der Waals surface area contributed by atoms with Crippen molar-refractivity contribution in [2.75, 3.05) is 44.3 Å². The zero-order valence-corrected chi connectivity index (χ0v) is 21.3. The molecule has 2 heterocycles. The molecule has 0 spiro atoms. The van der Waals surface area contributed by atoms with Gasteiger partial charge in [-0.3, -0.25) is 9.69 Å². The van der Waals surface area contributed by atoms with Gasteiger partial charge in [-0.1, -0.05) is 30.4 Å². The van der Waals surface area contributed by atoms with E-state index in [1.165, 1.54) is 31.6 Å². The molecule has 10 heteroatoms. The van der Waals surface area contributed by atoms with Gasteiger partial charge in [0.2, 0.25) is 5.91 Å². The number of carbonyl (C=O) groups excluding carboxylic acids is 1. The van der Waals surface area contributed by atoms with Crippen molar-refractivity contribution in [2.24, 2.45) is 0 Å². The number of methoxy groups -OCH3 is 1. The Kier molecular flexibility index (Phi) is 8.54. The maximum absolute atomic E-state index is 13.9. The predicted molar refractivity (Wildman–Crippen MR) is 140 cm³/mol. The first-order valence-corrected chi connectivity index (χ1v) is 13.3. The van der Waals surface area contributed by atoms with E-state index in [4.69, 9.17) is 9.47 Å². The number of anilines is 1. The SMILES string of the molecule is COc1ccc(S(=O)(=O)N(C(=O)CCN2CCOCC2)c2ccccc2C=Cc2cc[n+]([O-])cc2)cc1. The number of nitrogens with zero attached hydrogens (tertiary/aromatic N) is 3. The highest BCUT2D eigenvalue weighted by molar-refractivity contribution is 7.93. The second kappa shape index (κ2) is 12.0. The highest BCUT2D eigenvalue weighted by Crippen LogP contribution is 2.30. The lowest BCUT2D eigenvalue weighted by atomic mass is 10.1. The van der Waals surface area contributed by atoms with Crippen LogP contribution in [0.1, 0.15) is 17.5 Å². The van der Waals surface area contributed by atoms with Gasteiger partial charge in [-0.2, -0.15) is 4.73 Å². The maximum Gasteiger partial charge on any atom is 0.270 e. The van der Waals surface area contributed by atoms with E-state index >= 15 is 0 Å². The largest absolute Gasteiger partial charge is 0.619 e. The van der Waals surface area contributed by atoms with E-state index in [1.54, 1.807) is 60.7 Å². The van der Waals surface area contributed by atoms with Gasteiger partial charge in [0.1, 0.15) is 5.75 Å². The minimum atomic E-state index is -4.24. The molecule has 0 radical (unpaired) electrons. The van der Waals surface area contributed by atoms with Gasteiger partial charge < -0.3 is 14.7 Å². The molecule has 1 aromatic heterocycles. The van der Waals surface area contributed by atoms with Crippen LogP contribution in [0.5, 0.6) is 5.75 Å². The summed E-state index contributed by atoms with van der Waals surface area (Å²) < 4.78 is 39.8. The van der Waals surface area contributed by atoms with Crippen LogP contribution in [0.15, 0.2) is 78.0 Å². The van der Waals surface area contributed by atoms with Crippen LogP contribution in [-0.4, -0.2) is 59.2 Å². The number of aromatic nitrogens is 1. The van der Waals surface area contributed by atoms with E-state index in [0.29, 0.717) is 48.9 Å². The molecule has 1 aliphatic rings. The fraction of sp³-hybridized carbons (Fsp3) is 0.259. The molecular weight excluding hydrogens is 494 g/mol. The summed E-state index contributed by atoms with van der Waals surface area (Å²) in [5, 5.41) is 11.3. The van der Waals surface area contributed by atoms with Crippen LogP contribution in [0.25, 0.3) is 12.2 Å². The molecular formula is C27H29N3O6S. The Morgan fingerprint density at radius 3 is 2.41 bits per heavy atom. The number of morpholine rings is 1. The number of sulfonamides is 1. The van der Waals surface area contributed by atoms with E-state index < -0.39 is 15.9 Å². The fourth-order valence-corrected chi connectivity index (χ4v) is 5.44. The number of hydrogen-bond donors (Lipinski definition) is 0. The molecule has 194 valence electrons. The van der Waals surface area contributed by atoms with Gasteiger partial charge in [0.15, 0.2) is 12.4 Å². The number of para-hydroxylation sites is 1. The fourth-order valence-electron chi connectivity index (χ4n) is 3.97. The van der Waals surface area contributed by atoms with Crippen molar-refractivity contribution in [3.8, 4) is 5.75 Å². The summed E-state index contributed by atoms with van der Waals surface area (Å²) in [6, 6.07) is 16.1. The quantitative estimate of drug-likeness (QED) is 0.314. The van der Waals surface area contributed by atoms with Crippen LogP contribution < -0.4 is 13.8 Å². The van der Waals surface area contributed by atoms with Gasteiger partial charge in [0.05, 0.1) is 30.9 Å². The third-order valence-electron chi connectivity index (χ3n) is 6.01. The van der Waals surface area contributed by atoms with Gasteiger partial charge >= 0.3 is 0 Å². The van der Waals surface area contributed by atoms with Gasteiger partial charge in [0.25, 0.3) is 10.0 Å². The van der Waals surface area contributed by atoms with Crippen molar-refractivity contribution >= 4 is 33.8 Å². The van der Waals surface area contributed by atoms with Crippen LogP contribution >= 0.6 is 0 Å². The monoisotopic (exact) mass is 523 g/mol. The predicted octanol–water partition coefficient (Wildman–Crippen LogP) is 2.94. The maximum atomic E-state index is 13.9. The smallest absolute Gasteiger partial charge is 0.270 e. The van der Waals surface area contributed by atoms with E-state index in [2.05, 4.69) is 4.90 Å². The lowest BCUT2D eigenvalue weighted by Gasteiger charge is -2.28. The summed E-state index contributed by atoms with van der Waals surface area (Å²) >= 11 is 0. The zero-order valence-electron chi connectivity index (χ0n) is 20.5. The van der Waals surface area contributed by atoms with Gasteiger partial charge in [-0.05, 0) is 41.5 Å². The van der Waals surface area contributed by atoms with Crippen LogP contribution in [0, 0.1) is 5.21 Å². The summed E-state index contributed by atoms with van der Waals surface area (Å²) in [5.41, 5.74) is 1.54. The molecule has 1 aliphatic heterocycles. The summed E-state index contributed by atoms with van der Waals surface area (Å²) in [6.07, 6.45) is 6.26. The molecule has 1 fully saturated rings. The summed E-state index contributed by atoms with van der Waals surface area (Å²) in [7, 11) is -2.74. The zero-order chi connectivity index (χ0) is 26.3. The average molecular weight is 524 g/mol. The number of amides is 1. The minimum absolute atomic E-state index is 0.0186. The molecule has 0 aliphatic carbocycles. The van der Waals surface area contributed by atoms with Crippen molar-refractivity contribution in [3.63, 3.8) is 0 Å². The number of hydrogen-bond acceptors (Lipinski definition) is 7. The van der Waals surface area contributed by atoms with Crippen LogP contribution in [-0.2, 0) is 19.6 Å².